The molecule has 1 heterocycles. The van der Waals surface area contributed by atoms with Crippen LogP contribution in [0.5, 0.6) is 5.88 Å². The number of ether oxygens (including phenoxy) is 1. The molecule has 1 N–H and O–H groups in total. The van der Waals surface area contributed by atoms with Crippen molar-refractivity contribution in [1.82, 2.24) is 9.97 Å². The van der Waals surface area contributed by atoms with Crippen molar-refractivity contribution < 1.29 is 4.74 Å². The summed E-state index contributed by atoms with van der Waals surface area (Å²) in [5, 5.41) is 3.94. The lowest BCUT2D eigenvalue weighted by Crippen LogP contribution is -2.05. The minimum atomic E-state index is 0.681. The van der Waals surface area contributed by atoms with Gasteiger partial charge in [0.05, 0.1) is 6.61 Å². The lowest BCUT2D eigenvalue weighted by atomic mass is 10.3. The monoisotopic (exact) mass is 253 g/mol. The predicted octanol–water partition coefficient (Wildman–Crippen LogP) is 2.81. The van der Waals surface area contributed by atoms with Crippen LogP contribution in [-0.4, -0.2) is 29.4 Å². The molecule has 1 aromatic rings. The number of nitrogens with zero attached hydrogens (tertiary/aromatic N) is 2. The highest BCUT2D eigenvalue weighted by Crippen LogP contribution is 2.32. The number of rotatable bonds is 7. The van der Waals surface area contributed by atoms with Gasteiger partial charge < -0.3 is 10.1 Å². The second kappa shape index (κ2) is 6.10. The third-order valence-corrected chi connectivity index (χ3v) is 3.24. The molecular formula is C12H19N3OS. The predicted molar refractivity (Wildman–Crippen MR) is 70.8 cm³/mol. The second-order valence-corrected chi connectivity index (χ2v) is 4.96. The van der Waals surface area contributed by atoms with Crippen LogP contribution >= 0.6 is 11.8 Å². The van der Waals surface area contributed by atoms with E-state index >= 15 is 0 Å². The summed E-state index contributed by atoms with van der Waals surface area (Å²) in [7, 11) is 0. The first-order chi connectivity index (χ1) is 8.31. The maximum Gasteiger partial charge on any atom is 0.219 e. The molecule has 4 nitrogen and oxygen atoms in total. The van der Waals surface area contributed by atoms with E-state index in [4.69, 9.17) is 4.74 Å². The molecule has 0 atom stereocenters. The van der Waals surface area contributed by atoms with Crippen molar-refractivity contribution in [2.45, 2.75) is 31.3 Å². The minimum absolute atomic E-state index is 0.681. The Balaban J connectivity index is 1.94. The van der Waals surface area contributed by atoms with Gasteiger partial charge >= 0.3 is 0 Å². The first kappa shape index (κ1) is 12.5. The number of hydrogen-bond donors (Lipinski definition) is 1. The smallest absolute Gasteiger partial charge is 0.219 e. The molecule has 0 saturated heterocycles. The zero-order valence-corrected chi connectivity index (χ0v) is 11.2. The third kappa shape index (κ3) is 4.07. The van der Waals surface area contributed by atoms with Crippen LogP contribution in [0.15, 0.2) is 11.2 Å². The Hall–Kier alpha value is -0.970. The van der Waals surface area contributed by atoms with Crippen LogP contribution in [-0.2, 0) is 0 Å². The van der Waals surface area contributed by atoms with Crippen molar-refractivity contribution in [2.24, 2.45) is 5.92 Å². The van der Waals surface area contributed by atoms with E-state index in [1.165, 1.54) is 24.6 Å². The molecule has 1 aliphatic rings. The molecule has 0 unspecified atom stereocenters. The number of nitrogens with one attached hydrogen (secondary N) is 1. The van der Waals surface area contributed by atoms with Crippen molar-refractivity contribution in [3.05, 3.63) is 6.07 Å². The van der Waals surface area contributed by atoms with Crippen LogP contribution in [0.4, 0.5) is 5.82 Å². The van der Waals surface area contributed by atoms with Gasteiger partial charge in [-0.15, -0.1) is 0 Å². The zero-order valence-electron chi connectivity index (χ0n) is 10.4. The van der Waals surface area contributed by atoms with Crippen molar-refractivity contribution in [2.75, 3.05) is 24.7 Å². The first-order valence-electron chi connectivity index (χ1n) is 6.11. The van der Waals surface area contributed by atoms with Crippen LogP contribution < -0.4 is 10.1 Å². The van der Waals surface area contributed by atoms with Crippen molar-refractivity contribution in [3.63, 3.8) is 0 Å². The Morgan fingerprint density at radius 1 is 1.47 bits per heavy atom. The average Bonchev–Trinajstić information content (AvgIpc) is 3.13. The fraction of sp³-hybridized carbons (Fsp3) is 0.667. The molecule has 0 spiro atoms. The van der Waals surface area contributed by atoms with Crippen molar-refractivity contribution >= 4 is 17.6 Å². The highest BCUT2D eigenvalue weighted by atomic mass is 32.2. The SMILES string of the molecule is CCNc1cc(OCCC2CC2)nc(SC)n1. The lowest BCUT2D eigenvalue weighted by Gasteiger charge is -2.08. The summed E-state index contributed by atoms with van der Waals surface area (Å²) in [6, 6.07) is 1.87. The minimum Gasteiger partial charge on any atom is -0.477 e. The third-order valence-electron chi connectivity index (χ3n) is 2.70. The van der Waals surface area contributed by atoms with E-state index in [9.17, 15) is 0 Å². The zero-order chi connectivity index (χ0) is 12.1. The van der Waals surface area contributed by atoms with Gasteiger partial charge in [0, 0.05) is 12.6 Å². The van der Waals surface area contributed by atoms with E-state index in [-0.39, 0.29) is 0 Å². The summed E-state index contributed by atoms with van der Waals surface area (Å²) in [4.78, 5) is 8.70. The Kier molecular flexibility index (Phi) is 4.48. The molecule has 1 aromatic heterocycles. The second-order valence-electron chi connectivity index (χ2n) is 4.19. The van der Waals surface area contributed by atoms with Gasteiger partial charge in [-0.1, -0.05) is 24.6 Å². The Morgan fingerprint density at radius 2 is 2.29 bits per heavy atom. The summed E-state index contributed by atoms with van der Waals surface area (Å²) in [5.41, 5.74) is 0. The van der Waals surface area contributed by atoms with Gasteiger partial charge in [0.15, 0.2) is 5.16 Å². The fourth-order valence-corrected chi connectivity index (χ4v) is 1.95. The molecule has 0 amide bonds. The molecule has 1 saturated carbocycles. The highest BCUT2D eigenvalue weighted by molar-refractivity contribution is 7.98. The van der Waals surface area contributed by atoms with Gasteiger partial charge in [0.25, 0.3) is 0 Å². The molecule has 1 aliphatic carbocycles. The van der Waals surface area contributed by atoms with Crippen LogP contribution in [0.3, 0.4) is 0 Å². The van der Waals surface area contributed by atoms with Gasteiger partial charge in [-0.05, 0) is 25.5 Å². The number of hydrogen-bond acceptors (Lipinski definition) is 5. The Bertz CT molecular complexity index is 369. The van der Waals surface area contributed by atoms with Crippen LogP contribution in [0.25, 0.3) is 0 Å². The summed E-state index contributed by atoms with van der Waals surface area (Å²) in [6.07, 6.45) is 5.85. The molecule has 0 aliphatic heterocycles. The van der Waals surface area contributed by atoms with Crippen LogP contribution in [0.1, 0.15) is 26.2 Å². The first-order valence-corrected chi connectivity index (χ1v) is 7.34. The maximum absolute atomic E-state index is 5.68. The maximum atomic E-state index is 5.68. The number of aromatic nitrogens is 2. The van der Waals surface area contributed by atoms with Gasteiger partial charge in [-0.2, -0.15) is 4.98 Å². The van der Waals surface area contributed by atoms with Crippen LogP contribution in [0.2, 0.25) is 0 Å². The molecule has 0 aromatic carbocycles. The largest absolute Gasteiger partial charge is 0.477 e. The van der Waals surface area contributed by atoms with Gasteiger partial charge in [-0.25, -0.2) is 4.98 Å². The molecule has 0 bridgehead atoms. The summed E-state index contributed by atoms with van der Waals surface area (Å²) < 4.78 is 5.68. The highest BCUT2D eigenvalue weighted by Gasteiger charge is 2.20. The van der Waals surface area contributed by atoms with E-state index in [2.05, 4.69) is 22.2 Å². The van der Waals surface area contributed by atoms with Gasteiger partial charge in [0.2, 0.25) is 5.88 Å². The number of anilines is 1. The summed E-state index contributed by atoms with van der Waals surface area (Å²) >= 11 is 1.53. The summed E-state index contributed by atoms with van der Waals surface area (Å²) in [5.74, 6) is 2.42. The average molecular weight is 253 g/mol. The molecule has 17 heavy (non-hydrogen) atoms. The molecule has 0 radical (unpaired) electrons. The lowest BCUT2D eigenvalue weighted by molar-refractivity contribution is 0.288. The Morgan fingerprint density at radius 3 is 2.94 bits per heavy atom. The van der Waals surface area contributed by atoms with Gasteiger partial charge in [-0.3, -0.25) is 0 Å². The molecular weight excluding hydrogens is 234 g/mol. The van der Waals surface area contributed by atoms with E-state index < -0.39 is 0 Å². The van der Waals surface area contributed by atoms with E-state index in [0.717, 1.165) is 36.5 Å². The van der Waals surface area contributed by atoms with Gasteiger partial charge in [0.1, 0.15) is 5.82 Å². The normalized spacial score (nSPS) is 14.7. The standard InChI is InChI=1S/C12H19N3OS/c1-3-13-10-8-11(15-12(14-10)17-2)16-7-6-9-4-5-9/h8-9H,3-7H2,1-2H3,(H,13,14,15). The molecule has 94 valence electrons. The van der Waals surface area contributed by atoms with Crippen LogP contribution in [0, 0.1) is 5.92 Å². The van der Waals surface area contributed by atoms with E-state index in [1.54, 1.807) is 0 Å². The topological polar surface area (TPSA) is 47.0 Å². The Labute approximate surface area is 107 Å². The molecule has 2 rings (SSSR count). The number of thioether (sulfide) groups is 1. The van der Waals surface area contributed by atoms with Crippen molar-refractivity contribution in [3.8, 4) is 5.88 Å². The van der Waals surface area contributed by atoms with E-state index in [0.29, 0.717) is 5.88 Å². The molecule has 1 fully saturated rings. The molecule has 5 heteroatoms. The van der Waals surface area contributed by atoms with E-state index in [1.807, 2.05) is 12.3 Å². The summed E-state index contributed by atoms with van der Waals surface area (Å²) in [6.45, 7) is 3.67. The van der Waals surface area contributed by atoms with Crippen molar-refractivity contribution in [1.29, 1.82) is 0 Å². The fourth-order valence-electron chi connectivity index (χ4n) is 1.58. The quantitative estimate of drug-likeness (QED) is 0.598.